The van der Waals surface area contributed by atoms with Gasteiger partial charge in [-0.15, -0.1) is 0 Å². The molecule has 0 aliphatic rings. The second-order valence-electron chi connectivity index (χ2n) is 6.74. The van der Waals surface area contributed by atoms with Crippen LogP contribution in [0.25, 0.3) is 11.0 Å². The summed E-state index contributed by atoms with van der Waals surface area (Å²) in [5, 5.41) is 5.71. The predicted molar refractivity (Wildman–Crippen MR) is 111 cm³/mol. The lowest BCUT2D eigenvalue weighted by atomic mass is 10.2. The molecule has 0 bridgehead atoms. The fourth-order valence-electron chi connectivity index (χ4n) is 3.01. The van der Waals surface area contributed by atoms with E-state index in [1.54, 1.807) is 0 Å². The third kappa shape index (κ3) is 5.19. The lowest BCUT2D eigenvalue weighted by molar-refractivity contribution is -0.124. The number of amides is 2. The number of aryl methyl sites for hydroxylation is 1. The maximum Gasteiger partial charge on any atom is 0.227 e. The van der Waals surface area contributed by atoms with E-state index in [1.165, 1.54) is 0 Å². The molecule has 146 valence electrons. The van der Waals surface area contributed by atoms with Gasteiger partial charge in [0.1, 0.15) is 0 Å². The number of nitrogens with one attached hydrogen (secondary N) is 2. The highest BCUT2D eigenvalue weighted by molar-refractivity contribution is 5.93. The molecule has 0 unspecified atom stereocenters. The Hall–Kier alpha value is -3.15. The molecule has 1 heterocycles. The molecule has 3 rings (SSSR count). The Morgan fingerprint density at radius 2 is 1.68 bits per heavy atom. The summed E-state index contributed by atoms with van der Waals surface area (Å²) < 4.78 is 2.03. The number of rotatable bonds is 9. The molecule has 0 aliphatic heterocycles. The Labute approximate surface area is 165 Å². The average Bonchev–Trinajstić information content (AvgIpc) is 3.06. The number of fused-ring (bicyclic) bond motifs is 1. The zero-order valence-electron chi connectivity index (χ0n) is 16.1. The van der Waals surface area contributed by atoms with E-state index >= 15 is 0 Å². The van der Waals surface area contributed by atoms with E-state index in [9.17, 15) is 9.59 Å². The van der Waals surface area contributed by atoms with Gasteiger partial charge in [-0.1, -0.05) is 55.8 Å². The van der Waals surface area contributed by atoms with Crippen molar-refractivity contribution >= 4 is 28.8 Å². The zero-order valence-corrected chi connectivity index (χ0v) is 16.1. The highest BCUT2D eigenvalue weighted by atomic mass is 16.2. The van der Waals surface area contributed by atoms with Crippen LogP contribution in [0.5, 0.6) is 0 Å². The van der Waals surface area contributed by atoms with Gasteiger partial charge >= 0.3 is 0 Å². The second kappa shape index (κ2) is 9.69. The summed E-state index contributed by atoms with van der Waals surface area (Å²) in [6.07, 6.45) is 2.33. The molecule has 6 nitrogen and oxygen atoms in total. The number of aromatic nitrogens is 2. The van der Waals surface area contributed by atoms with Crippen LogP contribution < -0.4 is 10.6 Å². The topological polar surface area (TPSA) is 76.0 Å². The van der Waals surface area contributed by atoms with Crippen molar-refractivity contribution in [1.82, 2.24) is 14.9 Å². The van der Waals surface area contributed by atoms with Gasteiger partial charge in [0.15, 0.2) is 0 Å². The smallest absolute Gasteiger partial charge is 0.227 e. The first kappa shape index (κ1) is 19.6. The largest absolute Gasteiger partial charge is 0.352 e. The molecule has 6 heteroatoms. The lowest BCUT2D eigenvalue weighted by Gasteiger charge is -2.10. The van der Waals surface area contributed by atoms with E-state index in [1.807, 2.05) is 59.2 Å². The number of unbranched alkanes of at least 4 members (excludes halogenated alkanes) is 1. The molecule has 3 aromatic rings. The Bertz CT molecular complexity index is 934. The van der Waals surface area contributed by atoms with Crippen LogP contribution >= 0.6 is 0 Å². The Morgan fingerprint density at radius 3 is 2.46 bits per heavy atom. The summed E-state index contributed by atoms with van der Waals surface area (Å²) in [6.45, 7) is 3.39. The quantitative estimate of drug-likeness (QED) is 0.593. The maximum atomic E-state index is 12.3. The molecule has 28 heavy (non-hydrogen) atoms. The monoisotopic (exact) mass is 378 g/mol. The molecule has 0 aliphatic carbocycles. The van der Waals surface area contributed by atoms with Crippen LogP contribution in [0.2, 0.25) is 0 Å². The van der Waals surface area contributed by atoms with Crippen LogP contribution in [-0.2, 0) is 22.7 Å². The molecule has 0 radical (unpaired) electrons. The number of carbonyl (C=O) groups is 2. The highest BCUT2D eigenvalue weighted by Gasteiger charge is 2.14. The van der Waals surface area contributed by atoms with Gasteiger partial charge in [0.25, 0.3) is 0 Å². The predicted octanol–water partition coefficient (Wildman–Crippen LogP) is 3.87. The summed E-state index contributed by atoms with van der Waals surface area (Å²) in [6, 6.07) is 17.5. The van der Waals surface area contributed by atoms with Crippen molar-refractivity contribution in [2.75, 3.05) is 5.32 Å². The highest BCUT2D eigenvalue weighted by Crippen LogP contribution is 2.20. The molecule has 0 fully saturated rings. The lowest BCUT2D eigenvalue weighted by Crippen LogP contribution is -2.24. The molecule has 0 saturated carbocycles. The van der Waals surface area contributed by atoms with Crippen molar-refractivity contribution < 1.29 is 9.59 Å². The number of imidazole rings is 1. The molecule has 0 spiro atoms. The molecule has 0 atom stereocenters. The summed E-state index contributed by atoms with van der Waals surface area (Å²) in [5.74, 6) is 0.200. The number of hydrogen-bond acceptors (Lipinski definition) is 3. The van der Waals surface area contributed by atoms with Gasteiger partial charge in [0, 0.05) is 25.9 Å². The van der Waals surface area contributed by atoms with Gasteiger partial charge in [-0.2, -0.15) is 0 Å². The zero-order chi connectivity index (χ0) is 19.8. The van der Waals surface area contributed by atoms with Crippen LogP contribution in [-0.4, -0.2) is 21.4 Å². The first-order chi connectivity index (χ1) is 13.7. The minimum atomic E-state index is -0.206. The molecule has 2 aromatic carbocycles. The van der Waals surface area contributed by atoms with Crippen molar-refractivity contribution in [1.29, 1.82) is 0 Å². The minimum absolute atomic E-state index is 0.123. The van der Waals surface area contributed by atoms with E-state index in [0.717, 1.165) is 36.0 Å². The van der Waals surface area contributed by atoms with E-state index in [-0.39, 0.29) is 24.7 Å². The minimum Gasteiger partial charge on any atom is -0.352 e. The SMILES string of the molecule is CCCCn1c(NC(=O)CCC(=O)NCc2ccccc2)nc2ccccc21. The van der Waals surface area contributed by atoms with Crippen molar-refractivity contribution in [2.45, 2.75) is 45.7 Å². The molecule has 0 saturated heterocycles. The number of nitrogens with zero attached hydrogens (tertiary/aromatic N) is 2. The van der Waals surface area contributed by atoms with Crippen LogP contribution in [0.15, 0.2) is 54.6 Å². The summed E-state index contributed by atoms with van der Waals surface area (Å²) in [4.78, 5) is 28.9. The van der Waals surface area contributed by atoms with Gasteiger partial charge in [0.05, 0.1) is 11.0 Å². The van der Waals surface area contributed by atoms with Gasteiger partial charge in [-0.05, 0) is 24.1 Å². The fourth-order valence-corrected chi connectivity index (χ4v) is 3.01. The number of hydrogen-bond donors (Lipinski definition) is 2. The van der Waals surface area contributed by atoms with E-state index in [4.69, 9.17) is 0 Å². The first-order valence-electron chi connectivity index (χ1n) is 9.73. The number of para-hydroxylation sites is 2. The summed E-state index contributed by atoms with van der Waals surface area (Å²) in [7, 11) is 0. The van der Waals surface area contributed by atoms with Gasteiger partial charge in [-0.3, -0.25) is 14.9 Å². The number of benzene rings is 2. The standard InChI is InChI=1S/C22H26N4O2/c1-2-3-15-26-19-12-8-7-11-18(19)24-22(26)25-21(28)14-13-20(27)23-16-17-9-5-4-6-10-17/h4-12H,2-3,13-16H2,1H3,(H,23,27)(H,24,25,28). The van der Waals surface area contributed by atoms with Gasteiger partial charge in [-0.25, -0.2) is 4.98 Å². The molecule has 1 aromatic heterocycles. The first-order valence-corrected chi connectivity index (χ1v) is 9.73. The number of anilines is 1. The Morgan fingerprint density at radius 1 is 0.964 bits per heavy atom. The van der Waals surface area contributed by atoms with Crippen LogP contribution in [0.3, 0.4) is 0 Å². The van der Waals surface area contributed by atoms with E-state index < -0.39 is 0 Å². The van der Waals surface area contributed by atoms with Gasteiger partial charge < -0.3 is 9.88 Å². The van der Waals surface area contributed by atoms with Crippen molar-refractivity contribution in [3.63, 3.8) is 0 Å². The normalized spacial score (nSPS) is 10.8. The summed E-state index contributed by atoms with van der Waals surface area (Å²) >= 11 is 0. The fraction of sp³-hybridized carbons (Fsp3) is 0.318. The summed E-state index contributed by atoms with van der Waals surface area (Å²) in [5.41, 5.74) is 2.89. The molecule has 2 N–H and O–H groups in total. The second-order valence-corrected chi connectivity index (χ2v) is 6.74. The van der Waals surface area contributed by atoms with E-state index in [2.05, 4.69) is 22.5 Å². The number of carbonyl (C=O) groups excluding carboxylic acids is 2. The van der Waals surface area contributed by atoms with Gasteiger partial charge in [0.2, 0.25) is 17.8 Å². The van der Waals surface area contributed by atoms with Crippen molar-refractivity contribution in [3.05, 3.63) is 60.2 Å². The molecular formula is C22H26N4O2. The Kier molecular flexibility index (Phi) is 6.78. The molecule has 2 amide bonds. The third-order valence-electron chi connectivity index (χ3n) is 4.55. The van der Waals surface area contributed by atoms with E-state index in [0.29, 0.717) is 12.5 Å². The third-order valence-corrected chi connectivity index (χ3v) is 4.55. The molecular weight excluding hydrogens is 352 g/mol. The average molecular weight is 378 g/mol. The maximum absolute atomic E-state index is 12.3. The van der Waals surface area contributed by atoms with Crippen LogP contribution in [0.4, 0.5) is 5.95 Å². The van der Waals surface area contributed by atoms with Crippen LogP contribution in [0, 0.1) is 0 Å². The van der Waals surface area contributed by atoms with Crippen molar-refractivity contribution in [3.8, 4) is 0 Å². The Balaban J connectivity index is 1.55. The van der Waals surface area contributed by atoms with Crippen LogP contribution in [0.1, 0.15) is 38.2 Å². The van der Waals surface area contributed by atoms with Crippen molar-refractivity contribution in [2.24, 2.45) is 0 Å².